The van der Waals surface area contributed by atoms with E-state index in [9.17, 15) is 19.2 Å². The fourth-order valence-electron chi connectivity index (χ4n) is 4.78. The second-order valence-corrected chi connectivity index (χ2v) is 12.3. The van der Waals surface area contributed by atoms with Crippen molar-refractivity contribution in [1.29, 1.82) is 0 Å². The van der Waals surface area contributed by atoms with Crippen LogP contribution in [0.4, 0.5) is 11.4 Å². The first-order valence-corrected chi connectivity index (χ1v) is 15.0. The highest BCUT2D eigenvalue weighted by molar-refractivity contribution is 8.01. The maximum atomic E-state index is 13.3. The van der Waals surface area contributed by atoms with Gasteiger partial charge in [-0.25, -0.2) is 9.88 Å². The van der Waals surface area contributed by atoms with Gasteiger partial charge in [0.1, 0.15) is 11.3 Å². The molecule has 3 aromatic carbocycles. The van der Waals surface area contributed by atoms with E-state index in [0.717, 1.165) is 10.3 Å². The molecule has 0 aliphatic carbocycles. The number of amides is 4. The van der Waals surface area contributed by atoms with Gasteiger partial charge in [0.2, 0.25) is 0 Å². The van der Waals surface area contributed by atoms with Crippen molar-refractivity contribution in [3.63, 3.8) is 0 Å². The van der Waals surface area contributed by atoms with E-state index in [0.29, 0.717) is 43.2 Å². The number of nitrogens with one attached hydrogen (secondary N) is 1. The number of imide groups is 1. The molecule has 5 aromatic rings. The number of hydrogen-bond acceptors (Lipinski definition) is 9. The highest BCUT2D eigenvalue weighted by Crippen LogP contribution is 2.38. The molecule has 1 saturated heterocycles. The Balaban J connectivity index is 1.11. The zero-order valence-corrected chi connectivity index (χ0v) is 24.6. The number of rotatable bonds is 5. The molecule has 7 rings (SSSR count). The average molecular weight is 623 g/mol. The van der Waals surface area contributed by atoms with Gasteiger partial charge in [-0.05, 0) is 91.6 Å². The third-order valence-corrected chi connectivity index (χ3v) is 9.16. The molecule has 0 spiro atoms. The number of thiocarbonyl (C=S) groups is 1. The molecule has 1 N–H and O–H groups in total. The molecule has 0 atom stereocenters. The van der Waals surface area contributed by atoms with Crippen LogP contribution in [0, 0.1) is 6.92 Å². The van der Waals surface area contributed by atoms with Gasteiger partial charge in [0.15, 0.2) is 14.5 Å². The Bertz CT molecular complexity index is 2030. The Labute approximate surface area is 257 Å². The van der Waals surface area contributed by atoms with Crippen LogP contribution in [0.1, 0.15) is 32.0 Å². The number of carbonyl (C=O) groups is 4. The number of nitrogens with zero attached hydrogens (tertiary/aromatic N) is 3. The molecule has 4 heterocycles. The number of hydrogen-bond donors (Lipinski definition) is 1. The van der Waals surface area contributed by atoms with Gasteiger partial charge in [-0.2, -0.15) is 0 Å². The summed E-state index contributed by atoms with van der Waals surface area (Å²) in [6.07, 6.45) is 1.39. The van der Waals surface area contributed by atoms with Gasteiger partial charge in [0.05, 0.1) is 32.7 Å². The molecule has 210 valence electrons. The van der Waals surface area contributed by atoms with Crippen molar-refractivity contribution in [3.05, 3.63) is 107 Å². The predicted molar refractivity (Wildman–Crippen MR) is 167 cm³/mol. The van der Waals surface area contributed by atoms with Crippen molar-refractivity contribution in [2.24, 2.45) is 0 Å². The molecular formula is C31H18N4O5S3. The molecule has 0 bridgehead atoms. The first kappa shape index (κ1) is 27.0. The van der Waals surface area contributed by atoms with Crippen LogP contribution < -0.4 is 15.1 Å². The lowest BCUT2D eigenvalue weighted by Gasteiger charge is -2.28. The number of carbonyl (C=O) groups excluding carboxylic acids is 4. The summed E-state index contributed by atoms with van der Waals surface area (Å²) in [6.45, 7) is 1.93. The maximum absolute atomic E-state index is 13.3. The second kappa shape index (κ2) is 10.4. The largest absolute Gasteiger partial charge is 0.450 e. The SMILES string of the molecule is Cc1ccc(N2C(=O)/C(=C/c3ccc(Sc4nc5ccc(N6C(=O)c7ccccc7C6=O)cc5s4)o3)C(=O)NC2=S)cc1. The first-order valence-electron chi connectivity index (χ1n) is 12.9. The van der Waals surface area contributed by atoms with Crippen LogP contribution in [0.25, 0.3) is 16.3 Å². The second-order valence-electron chi connectivity index (χ2n) is 9.68. The Morgan fingerprint density at radius 1 is 0.860 bits per heavy atom. The smallest absolute Gasteiger partial charge is 0.270 e. The molecule has 43 heavy (non-hydrogen) atoms. The Hall–Kier alpha value is -4.91. The Morgan fingerprint density at radius 3 is 2.28 bits per heavy atom. The van der Waals surface area contributed by atoms with E-state index in [2.05, 4.69) is 10.3 Å². The van der Waals surface area contributed by atoms with Crippen molar-refractivity contribution in [2.45, 2.75) is 16.4 Å². The maximum Gasteiger partial charge on any atom is 0.270 e. The minimum absolute atomic E-state index is 0.00804. The van der Waals surface area contributed by atoms with E-state index in [1.807, 2.05) is 19.1 Å². The molecule has 9 nitrogen and oxygen atoms in total. The summed E-state index contributed by atoms with van der Waals surface area (Å²) in [4.78, 5) is 58.8. The lowest BCUT2D eigenvalue weighted by Crippen LogP contribution is -2.54. The summed E-state index contributed by atoms with van der Waals surface area (Å²) in [5.74, 6) is -1.56. The summed E-state index contributed by atoms with van der Waals surface area (Å²) < 4.78 is 7.37. The highest BCUT2D eigenvalue weighted by atomic mass is 32.2. The van der Waals surface area contributed by atoms with Gasteiger partial charge in [-0.15, -0.1) is 11.3 Å². The first-order chi connectivity index (χ1) is 20.8. The molecular weight excluding hydrogens is 605 g/mol. The van der Waals surface area contributed by atoms with E-state index in [1.54, 1.807) is 66.7 Å². The topological polar surface area (TPSA) is 113 Å². The van der Waals surface area contributed by atoms with Crippen molar-refractivity contribution >= 4 is 91.7 Å². The van der Waals surface area contributed by atoms with Gasteiger partial charge in [-0.3, -0.25) is 29.4 Å². The normalized spacial score (nSPS) is 16.0. The summed E-state index contributed by atoms with van der Waals surface area (Å²) in [5, 5.41) is 3.08. The number of anilines is 2. The summed E-state index contributed by atoms with van der Waals surface area (Å²) in [6, 6.07) is 22.6. The van der Waals surface area contributed by atoms with Gasteiger partial charge in [0, 0.05) is 0 Å². The molecule has 12 heteroatoms. The molecule has 0 unspecified atom stereocenters. The fourth-order valence-corrected chi connectivity index (χ4v) is 7.06. The Kier molecular flexibility index (Phi) is 6.53. The molecule has 2 aromatic heterocycles. The zero-order valence-electron chi connectivity index (χ0n) is 22.2. The lowest BCUT2D eigenvalue weighted by molar-refractivity contribution is -0.122. The molecule has 4 amide bonds. The van der Waals surface area contributed by atoms with E-state index in [-0.39, 0.29) is 22.5 Å². The molecule has 0 saturated carbocycles. The molecule has 1 fully saturated rings. The van der Waals surface area contributed by atoms with Crippen LogP contribution in [0.2, 0.25) is 0 Å². The van der Waals surface area contributed by atoms with Crippen LogP contribution in [0.15, 0.2) is 98.3 Å². The monoisotopic (exact) mass is 622 g/mol. The van der Waals surface area contributed by atoms with Gasteiger partial charge in [0.25, 0.3) is 23.6 Å². The third-order valence-electron chi connectivity index (χ3n) is 6.88. The van der Waals surface area contributed by atoms with Gasteiger partial charge in [-0.1, -0.05) is 29.8 Å². The van der Waals surface area contributed by atoms with Crippen molar-refractivity contribution < 1.29 is 23.6 Å². The molecule has 2 aliphatic heterocycles. The van der Waals surface area contributed by atoms with Crippen LogP contribution in [-0.2, 0) is 9.59 Å². The number of aromatic nitrogens is 1. The van der Waals surface area contributed by atoms with Gasteiger partial charge < -0.3 is 4.42 Å². The number of aryl methyl sites for hydroxylation is 1. The summed E-state index contributed by atoms with van der Waals surface area (Å²) in [5.41, 5.74) is 3.41. The lowest BCUT2D eigenvalue weighted by atomic mass is 10.1. The number of furan rings is 1. The quantitative estimate of drug-likeness (QED) is 0.110. The molecule has 2 aliphatic rings. The van der Waals surface area contributed by atoms with Crippen molar-refractivity contribution in [2.75, 3.05) is 9.80 Å². The van der Waals surface area contributed by atoms with Crippen LogP contribution in [-0.4, -0.2) is 33.7 Å². The zero-order chi connectivity index (χ0) is 29.8. The van der Waals surface area contributed by atoms with E-state index in [1.165, 1.54) is 39.0 Å². The number of thiazole rings is 1. The third kappa shape index (κ3) is 4.75. The number of fused-ring (bicyclic) bond motifs is 2. The van der Waals surface area contributed by atoms with Crippen LogP contribution >= 0.6 is 35.3 Å². The van der Waals surface area contributed by atoms with E-state index in [4.69, 9.17) is 16.6 Å². The summed E-state index contributed by atoms with van der Waals surface area (Å²) >= 11 is 7.92. The molecule has 0 radical (unpaired) electrons. The van der Waals surface area contributed by atoms with Gasteiger partial charge >= 0.3 is 0 Å². The van der Waals surface area contributed by atoms with Crippen molar-refractivity contribution in [3.8, 4) is 0 Å². The average Bonchev–Trinajstić information content (AvgIpc) is 3.68. The standard InChI is InChI=1S/C31H18N4O5S3/c1-16-6-8-17(9-7-16)35-29(39)22(26(36)33-30(35)41)15-19-11-13-25(40-19)43-31-32-23-12-10-18(14-24(23)42-31)34-27(37)20-4-2-3-5-21(20)28(34)38/h2-15H,1H3,(H,33,36,41)/b22-15+. The Morgan fingerprint density at radius 2 is 1.56 bits per heavy atom. The highest BCUT2D eigenvalue weighted by Gasteiger charge is 2.37. The summed E-state index contributed by atoms with van der Waals surface area (Å²) in [7, 11) is 0. The van der Waals surface area contributed by atoms with E-state index >= 15 is 0 Å². The minimum atomic E-state index is -0.607. The predicted octanol–water partition coefficient (Wildman–Crippen LogP) is 5.98. The van der Waals surface area contributed by atoms with Crippen LogP contribution in [0.5, 0.6) is 0 Å². The minimum Gasteiger partial charge on any atom is -0.450 e. The van der Waals surface area contributed by atoms with Crippen LogP contribution in [0.3, 0.4) is 0 Å². The fraction of sp³-hybridized carbons (Fsp3) is 0.0323. The van der Waals surface area contributed by atoms with E-state index < -0.39 is 11.8 Å². The number of benzene rings is 3. The van der Waals surface area contributed by atoms with Crippen molar-refractivity contribution in [1.82, 2.24) is 10.3 Å².